The summed E-state index contributed by atoms with van der Waals surface area (Å²) in [6, 6.07) is 0.621. The number of hydrogen-bond donors (Lipinski definition) is 2. The van der Waals surface area contributed by atoms with Gasteiger partial charge in [0, 0.05) is 19.2 Å². The molecule has 1 saturated carbocycles. The van der Waals surface area contributed by atoms with Crippen LogP contribution in [0.2, 0.25) is 0 Å². The molecule has 3 unspecified atom stereocenters. The van der Waals surface area contributed by atoms with Crippen LogP contribution in [0.1, 0.15) is 26.2 Å². The van der Waals surface area contributed by atoms with Crippen LogP contribution in [-0.2, 0) is 9.53 Å². The number of ether oxygens (including phenoxy) is 1. The summed E-state index contributed by atoms with van der Waals surface area (Å²) < 4.78 is 5.14. The molecule has 0 radical (unpaired) electrons. The predicted molar refractivity (Wildman–Crippen MR) is 66.2 cm³/mol. The second kappa shape index (κ2) is 5.80. The minimum absolute atomic E-state index is 0.309. The Morgan fingerprint density at radius 3 is 2.76 bits per heavy atom. The van der Waals surface area contributed by atoms with E-state index < -0.39 is 11.5 Å². The number of methoxy groups -OCH3 is 1. The van der Waals surface area contributed by atoms with E-state index in [0.717, 1.165) is 6.42 Å². The number of hydrogen-bond acceptors (Lipinski definition) is 4. The molecule has 5 heteroatoms. The van der Waals surface area contributed by atoms with Crippen LogP contribution in [-0.4, -0.2) is 61.4 Å². The molecule has 0 aromatic heterocycles. The Morgan fingerprint density at radius 1 is 1.71 bits per heavy atom. The number of carboxylic acid groups (broad SMARTS) is 1. The van der Waals surface area contributed by atoms with Crippen molar-refractivity contribution in [1.82, 2.24) is 10.2 Å². The highest BCUT2D eigenvalue weighted by molar-refractivity contribution is 5.79. The highest BCUT2D eigenvalue weighted by Gasteiger charge is 2.45. The Bertz CT molecular complexity index is 272. The van der Waals surface area contributed by atoms with E-state index >= 15 is 0 Å². The molecule has 0 heterocycles. The van der Waals surface area contributed by atoms with Crippen molar-refractivity contribution in [3.63, 3.8) is 0 Å². The summed E-state index contributed by atoms with van der Waals surface area (Å²) in [5.74, 6) is -0.740. The smallest absolute Gasteiger partial charge is 0.323 e. The molecule has 0 saturated heterocycles. The van der Waals surface area contributed by atoms with Crippen molar-refractivity contribution in [2.24, 2.45) is 0 Å². The number of rotatable bonds is 6. The van der Waals surface area contributed by atoms with Gasteiger partial charge >= 0.3 is 5.97 Å². The zero-order valence-corrected chi connectivity index (χ0v) is 11.2. The Hall–Kier alpha value is -0.650. The SMILES string of the molecule is CNC1(C(=O)O)CCC(N(C)C(C)COC)C1. The highest BCUT2D eigenvalue weighted by atomic mass is 16.5. The van der Waals surface area contributed by atoms with E-state index in [0.29, 0.717) is 31.5 Å². The van der Waals surface area contributed by atoms with Crippen molar-refractivity contribution in [2.75, 3.05) is 27.8 Å². The van der Waals surface area contributed by atoms with Gasteiger partial charge in [0.05, 0.1) is 6.61 Å². The molecule has 5 nitrogen and oxygen atoms in total. The number of carbonyl (C=O) groups is 1. The van der Waals surface area contributed by atoms with E-state index in [-0.39, 0.29) is 0 Å². The summed E-state index contributed by atoms with van der Waals surface area (Å²) in [5.41, 5.74) is -0.744. The van der Waals surface area contributed by atoms with Crippen LogP contribution in [0.3, 0.4) is 0 Å². The molecule has 100 valence electrons. The lowest BCUT2D eigenvalue weighted by molar-refractivity contribution is -0.144. The van der Waals surface area contributed by atoms with Crippen LogP contribution in [0.15, 0.2) is 0 Å². The second-order valence-corrected chi connectivity index (χ2v) is 5.00. The third kappa shape index (κ3) is 2.97. The van der Waals surface area contributed by atoms with E-state index in [9.17, 15) is 9.90 Å². The Morgan fingerprint density at radius 2 is 2.35 bits per heavy atom. The van der Waals surface area contributed by atoms with Crippen molar-refractivity contribution in [3.05, 3.63) is 0 Å². The van der Waals surface area contributed by atoms with Gasteiger partial charge in [-0.15, -0.1) is 0 Å². The average Bonchev–Trinajstić information content (AvgIpc) is 2.74. The van der Waals surface area contributed by atoms with E-state index in [1.807, 2.05) is 7.05 Å². The first-order valence-corrected chi connectivity index (χ1v) is 6.10. The quantitative estimate of drug-likeness (QED) is 0.714. The van der Waals surface area contributed by atoms with Gasteiger partial charge in [-0.2, -0.15) is 0 Å². The fraction of sp³-hybridized carbons (Fsp3) is 0.917. The van der Waals surface area contributed by atoms with Crippen molar-refractivity contribution < 1.29 is 14.6 Å². The number of nitrogens with zero attached hydrogens (tertiary/aromatic N) is 1. The maximum atomic E-state index is 11.3. The molecule has 0 amide bonds. The first-order valence-electron chi connectivity index (χ1n) is 6.10. The number of likely N-dealkylation sites (N-methyl/N-ethyl adjacent to an activating group) is 2. The molecule has 3 atom stereocenters. The summed E-state index contributed by atoms with van der Waals surface area (Å²) in [7, 11) is 5.46. The van der Waals surface area contributed by atoms with Gasteiger partial charge in [-0.3, -0.25) is 9.69 Å². The average molecular weight is 244 g/mol. The van der Waals surface area contributed by atoms with Crippen LogP contribution in [0, 0.1) is 0 Å². The summed E-state index contributed by atoms with van der Waals surface area (Å²) in [6.07, 6.45) is 2.26. The molecular weight excluding hydrogens is 220 g/mol. The van der Waals surface area contributed by atoms with Crippen LogP contribution in [0.5, 0.6) is 0 Å². The van der Waals surface area contributed by atoms with Gasteiger partial charge in [-0.05, 0) is 40.3 Å². The largest absolute Gasteiger partial charge is 0.480 e. The van der Waals surface area contributed by atoms with E-state index in [1.54, 1.807) is 14.2 Å². The van der Waals surface area contributed by atoms with Crippen LogP contribution in [0.25, 0.3) is 0 Å². The first-order chi connectivity index (χ1) is 7.96. The van der Waals surface area contributed by atoms with Gasteiger partial charge in [-0.1, -0.05) is 0 Å². The van der Waals surface area contributed by atoms with Crippen molar-refractivity contribution in [2.45, 2.75) is 43.8 Å². The lowest BCUT2D eigenvalue weighted by atomic mass is 9.97. The molecule has 0 spiro atoms. The monoisotopic (exact) mass is 244 g/mol. The van der Waals surface area contributed by atoms with Crippen molar-refractivity contribution in [1.29, 1.82) is 0 Å². The Kier molecular flexibility index (Phi) is 4.91. The summed E-state index contributed by atoms with van der Waals surface area (Å²) in [5, 5.41) is 12.3. The molecular formula is C12H24N2O3. The fourth-order valence-corrected chi connectivity index (χ4v) is 2.61. The van der Waals surface area contributed by atoms with Crippen LogP contribution >= 0.6 is 0 Å². The summed E-state index contributed by atoms with van der Waals surface area (Å²) in [6.45, 7) is 2.77. The zero-order valence-electron chi connectivity index (χ0n) is 11.2. The number of nitrogens with one attached hydrogen (secondary N) is 1. The van der Waals surface area contributed by atoms with Crippen LogP contribution < -0.4 is 5.32 Å². The minimum Gasteiger partial charge on any atom is -0.480 e. The number of aliphatic carboxylic acids is 1. The normalized spacial score (nSPS) is 30.8. The summed E-state index contributed by atoms with van der Waals surface area (Å²) >= 11 is 0. The topological polar surface area (TPSA) is 61.8 Å². The molecule has 1 fully saturated rings. The van der Waals surface area contributed by atoms with Crippen LogP contribution in [0.4, 0.5) is 0 Å². The van der Waals surface area contributed by atoms with Gasteiger partial charge < -0.3 is 15.2 Å². The maximum absolute atomic E-state index is 11.3. The van der Waals surface area contributed by atoms with Gasteiger partial charge in [-0.25, -0.2) is 0 Å². The minimum atomic E-state index is -0.744. The Labute approximate surface area is 103 Å². The fourth-order valence-electron chi connectivity index (χ4n) is 2.61. The lowest BCUT2D eigenvalue weighted by Gasteiger charge is -2.31. The molecule has 0 aromatic carbocycles. The zero-order chi connectivity index (χ0) is 13.1. The third-order valence-corrected chi connectivity index (χ3v) is 4.06. The molecule has 1 rings (SSSR count). The summed E-state index contributed by atoms with van der Waals surface area (Å²) in [4.78, 5) is 13.5. The van der Waals surface area contributed by atoms with E-state index in [2.05, 4.69) is 17.1 Å². The lowest BCUT2D eigenvalue weighted by Crippen LogP contribution is -2.50. The molecule has 17 heavy (non-hydrogen) atoms. The van der Waals surface area contributed by atoms with Crippen molar-refractivity contribution in [3.8, 4) is 0 Å². The van der Waals surface area contributed by atoms with Gasteiger partial charge in [0.25, 0.3) is 0 Å². The standard InChI is InChI=1S/C12H24N2O3/c1-9(8-17-4)14(3)10-5-6-12(7-10,13-2)11(15)16/h9-10,13H,5-8H2,1-4H3,(H,15,16). The molecule has 0 bridgehead atoms. The predicted octanol–water partition coefficient (Wildman–Crippen LogP) is 0.548. The van der Waals surface area contributed by atoms with Gasteiger partial charge in [0.2, 0.25) is 0 Å². The van der Waals surface area contributed by atoms with E-state index in [1.165, 1.54) is 0 Å². The van der Waals surface area contributed by atoms with Gasteiger partial charge in [0.15, 0.2) is 0 Å². The highest BCUT2D eigenvalue weighted by Crippen LogP contribution is 2.33. The molecule has 0 aliphatic heterocycles. The second-order valence-electron chi connectivity index (χ2n) is 5.00. The molecule has 2 N–H and O–H groups in total. The molecule has 0 aromatic rings. The molecule has 1 aliphatic rings. The van der Waals surface area contributed by atoms with Crippen molar-refractivity contribution >= 4 is 5.97 Å². The Balaban J connectivity index is 2.63. The molecule has 1 aliphatic carbocycles. The van der Waals surface area contributed by atoms with E-state index in [4.69, 9.17) is 4.74 Å². The van der Waals surface area contributed by atoms with Gasteiger partial charge in [0.1, 0.15) is 5.54 Å². The maximum Gasteiger partial charge on any atom is 0.323 e. The number of carboxylic acids is 1. The first kappa shape index (κ1) is 14.4. The third-order valence-electron chi connectivity index (χ3n) is 4.06.